The number of carbonyl (C=O) groups is 1. The number of nitrogens with one attached hydrogen (secondary N) is 1. The Labute approximate surface area is 89.0 Å². The van der Waals surface area contributed by atoms with Gasteiger partial charge in [0.1, 0.15) is 0 Å². The maximum atomic E-state index is 11.7. The molecule has 0 fully saturated rings. The van der Waals surface area contributed by atoms with Gasteiger partial charge in [0.2, 0.25) is 0 Å². The summed E-state index contributed by atoms with van der Waals surface area (Å²) in [5.41, 5.74) is 4.50. The first-order valence-corrected chi connectivity index (χ1v) is 5.39. The predicted molar refractivity (Wildman–Crippen MR) is 59.7 cm³/mol. The molecule has 1 heterocycles. The lowest BCUT2D eigenvalue weighted by Crippen LogP contribution is -2.20. The van der Waals surface area contributed by atoms with Crippen LogP contribution in [0.5, 0.6) is 0 Å². The van der Waals surface area contributed by atoms with Crippen molar-refractivity contribution in [3.05, 3.63) is 41.0 Å². The normalized spacial score (nSPS) is 22.1. The minimum atomic E-state index is 0.0850. The molecule has 2 nitrogen and oxygen atoms in total. The second kappa shape index (κ2) is 2.96. The fraction of sp³-hybridized carbons (Fsp3) is 0.308. The fourth-order valence-corrected chi connectivity index (χ4v) is 2.68. The van der Waals surface area contributed by atoms with Crippen LogP contribution in [0.1, 0.15) is 45.9 Å². The Balaban J connectivity index is 2.27. The van der Waals surface area contributed by atoms with Crippen molar-refractivity contribution < 1.29 is 4.79 Å². The molecule has 0 saturated heterocycles. The van der Waals surface area contributed by atoms with Gasteiger partial charge in [0.05, 0.1) is 6.04 Å². The van der Waals surface area contributed by atoms with Crippen molar-refractivity contribution in [2.45, 2.75) is 25.3 Å². The van der Waals surface area contributed by atoms with E-state index in [4.69, 9.17) is 0 Å². The van der Waals surface area contributed by atoms with Crippen LogP contribution < -0.4 is 5.32 Å². The number of hydrogen-bond acceptors (Lipinski definition) is 1. The van der Waals surface area contributed by atoms with Crippen molar-refractivity contribution in [2.75, 3.05) is 0 Å². The summed E-state index contributed by atoms with van der Waals surface area (Å²) >= 11 is 0. The second-order valence-electron chi connectivity index (χ2n) is 4.26. The van der Waals surface area contributed by atoms with E-state index in [1.807, 2.05) is 12.1 Å². The third kappa shape index (κ3) is 1.14. The number of aryl methyl sites for hydroxylation is 1. The lowest BCUT2D eigenvalue weighted by atomic mass is 9.86. The zero-order valence-electron chi connectivity index (χ0n) is 8.55. The summed E-state index contributed by atoms with van der Waals surface area (Å²) in [5, 5.41) is 3.04. The van der Waals surface area contributed by atoms with Crippen LogP contribution in [0.4, 0.5) is 0 Å². The Morgan fingerprint density at radius 1 is 1.47 bits per heavy atom. The maximum absolute atomic E-state index is 11.7. The van der Waals surface area contributed by atoms with Crippen molar-refractivity contribution in [2.24, 2.45) is 0 Å². The molecule has 1 aliphatic carbocycles. The quantitative estimate of drug-likeness (QED) is 0.739. The van der Waals surface area contributed by atoms with Crippen LogP contribution >= 0.6 is 0 Å². The third-order valence-electron chi connectivity index (χ3n) is 3.36. The zero-order valence-corrected chi connectivity index (χ0v) is 8.55. The Bertz CT molecular complexity index is 462. The molecular weight excluding hydrogens is 186 g/mol. The van der Waals surface area contributed by atoms with E-state index in [0.717, 1.165) is 30.4 Å². The molecule has 15 heavy (non-hydrogen) atoms. The van der Waals surface area contributed by atoms with E-state index >= 15 is 0 Å². The molecule has 1 N–H and O–H groups in total. The number of amides is 1. The van der Waals surface area contributed by atoms with Crippen LogP contribution in [0.25, 0.3) is 6.08 Å². The molecule has 0 saturated carbocycles. The summed E-state index contributed by atoms with van der Waals surface area (Å²) in [7, 11) is 0. The van der Waals surface area contributed by atoms with Crippen LogP contribution in [-0.4, -0.2) is 5.91 Å². The molecule has 1 atom stereocenters. The highest BCUT2D eigenvalue weighted by Crippen LogP contribution is 2.37. The first-order valence-electron chi connectivity index (χ1n) is 5.39. The van der Waals surface area contributed by atoms with Crippen LogP contribution in [0.3, 0.4) is 0 Å². The first kappa shape index (κ1) is 8.72. The van der Waals surface area contributed by atoms with Gasteiger partial charge in [-0.05, 0) is 42.0 Å². The van der Waals surface area contributed by atoms with Crippen molar-refractivity contribution in [3.63, 3.8) is 0 Å². The van der Waals surface area contributed by atoms with E-state index in [9.17, 15) is 4.79 Å². The number of hydrogen-bond donors (Lipinski definition) is 1. The highest BCUT2D eigenvalue weighted by atomic mass is 16.2. The van der Waals surface area contributed by atoms with Crippen molar-refractivity contribution >= 4 is 12.0 Å². The monoisotopic (exact) mass is 199 g/mol. The van der Waals surface area contributed by atoms with Gasteiger partial charge < -0.3 is 5.32 Å². The average molecular weight is 199 g/mol. The Kier molecular flexibility index (Phi) is 1.72. The Hall–Kier alpha value is -1.57. The smallest absolute Gasteiger partial charge is 0.252 e. The number of rotatable bonds is 1. The van der Waals surface area contributed by atoms with Gasteiger partial charge in [0.25, 0.3) is 5.91 Å². The highest BCUT2D eigenvalue weighted by Gasteiger charge is 2.33. The third-order valence-corrected chi connectivity index (χ3v) is 3.36. The summed E-state index contributed by atoms with van der Waals surface area (Å²) in [5.74, 6) is 0.0850. The van der Waals surface area contributed by atoms with Crippen LogP contribution in [0.15, 0.2) is 18.7 Å². The molecule has 0 radical (unpaired) electrons. The van der Waals surface area contributed by atoms with Gasteiger partial charge in [-0.1, -0.05) is 18.7 Å². The Morgan fingerprint density at radius 3 is 3.13 bits per heavy atom. The van der Waals surface area contributed by atoms with Crippen molar-refractivity contribution in [1.82, 2.24) is 5.32 Å². The molecule has 0 bridgehead atoms. The molecule has 1 amide bonds. The van der Waals surface area contributed by atoms with E-state index < -0.39 is 0 Å². The molecule has 0 spiro atoms. The topological polar surface area (TPSA) is 29.1 Å². The summed E-state index contributed by atoms with van der Waals surface area (Å²) in [6.45, 7) is 3.76. The number of carbonyl (C=O) groups excluding carboxylic acids is 1. The lowest BCUT2D eigenvalue weighted by molar-refractivity contribution is 0.0954. The average Bonchev–Trinajstić information content (AvgIpc) is 2.58. The predicted octanol–water partition coefficient (Wildman–Crippen LogP) is 2.45. The van der Waals surface area contributed by atoms with Gasteiger partial charge in [0.15, 0.2) is 0 Å². The van der Waals surface area contributed by atoms with E-state index in [2.05, 4.69) is 18.0 Å². The molecule has 1 unspecified atom stereocenters. The standard InChI is InChI=1S/C13H13NO/c1-2-8-6-9-4-3-5-11-12(9)10(7-8)13(15)14-11/h2,6-7,11H,1,3-5H2,(H,14,15). The summed E-state index contributed by atoms with van der Waals surface area (Å²) in [6, 6.07) is 4.39. The van der Waals surface area contributed by atoms with Crippen LogP contribution in [-0.2, 0) is 6.42 Å². The van der Waals surface area contributed by atoms with Gasteiger partial charge in [0, 0.05) is 5.56 Å². The Morgan fingerprint density at radius 2 is 2.33 bits per heavy atom. The molecular formula is C13H13NO. The van der Waals surface area contributed by atoms with Crippen molar-refractivity contribution in [1.29, 1.82) is 0 Å². The van der Waals surface area contributed by atoms with E-state index in [-0.39, 0.29) is 11.9 Å². The van der Waals surface area contributed by atoms with Gasteiger partial charge >= 0.3 is 0 Å². The maximum Gasteiger partial charge on any atom is 0.252 e. The van der Waals surface area contributed by atoms with E-state index in [1.165, 1.54) is 11.1 Å². The summed E-state index contributed by atoms with van der Waals surface area (Å²) in [6.07, 6.45) is 5.15. The van der Waals surface area contributed by atoms with Crippen LogP contribution in [0.2, 0.25) is 0 Å². The van der Waals surface area contributed by atoms with Gasteiger partial charge in [-0.2, -0.15) is 0 Å². The molecule has 2 heteroatoms. The van der Waals surface area contributed by atoms with Gasteiger partial charge in [-0.3, -0.25) is 4.79 Å². The molecule has 0 aromatic heterocycles. The highest BCUT2D eigenvalue weighted by molar-refractivity contribution is 6.00. The summed E-state index contributed by atoms with van der Waals surface area (Å²) in [4.78, 5) is 11.7. The minimum Gasteiger partial charge on any atom is -0.345 e. The van der Waals surface area contributed by atoms with Gasteiger partial charge in [-0.15, -0.1) is 0 Å². The molecule has 1 aromatic rings. The zero-order chi connectivity index (χ0) is 10.4. The van der Waals surface area contributed by atoms with Gasteiger partial charge in [-0.25, -0.2) is 0 Å². The fourth-order valence-electron chi connectivity index (χ4n) is 2.68. The van der Waals surface area contributed by atoms with E-state index in [1.54, 1.807) is 0 Å². The first-order chi connectivity index (χ1) is 7.29. The lowest BCUT2D eigenvalue weighted by Gasteiger charge is -2.21. The molecule has 3 rings (SSSR count). The second-order valence-corrected chi connectivity index (χ2v) is 4.26. The van der Waals surface area contributed by atoms with E-state index in [0.29, 0.717) is 0 Å². The number of benzene rings is 1. The SMILES string of the molecule is C=Cc1cc2c3c(c1)C(=O)NC3CCC2. The van der Waals surface area contributed by atoms with Crippen LogP contribution in [0, 0.1) is 0 Å². The molecule has 2 aliphatic rings. The molecule has 76 valence electrons. The molecule has 1 aromatic carbocycles. The van der Waals surface area contributed by atoms with Crippen molar-refractivity contribution in [3.8, 4) is 0 Å². The molecule has 1 aliphatic heterocycles. The largest absolute Gasteiger partial charge is 0.345 e. The summed E-state index contributed by atoms with van der Waals surface area (Å²) < 4.78 is 0. The minimum absolute atomic E-state index is 0.0850.